The molecule has 1 unspecified atom stereocenters. The molecular weight excluding hydrogens is 404 g/mol. The van der Waals surface area contributed by atoms with Crippen LogP contribution in [-0.2, 0) is 24.0 Å². The molecule has 0 amide bonds. The van der Waals surface area contributed by atoms with Crippen LogP contribution in [0.1, 0.15) is 86.0 Å². The van der Waals surface area contributed by atoms with E-state index in [1.165, 1.54) is 6.92 Å². The molecule has 6 N–H and O–H groups in total. The van der Waals surface area contributed by atoms with Gasteiger partial charge in [0.25, 0.3) is 0 Å². The molecule has 30 heavy (non-hydrogen) atoms. The van der Waals surface area contributed by atoms with Gasteiger partial charge < -0.3 is 30.6 Å². The maximum Gasteiger partial charge on any atom is 0.332 e. The number of rotatable bonds is 9. The van der Waals surface area contributed by atoms with Gasteiger partial charge in [-0.15, -0.1) is 0 Å². The van der Waals surface area contributed by atoms with Crippen LogP contribution < -0.4 is 0 Å². The zero-order chi connectivity index (χ0) is 25.1. The molecule has 0 aromatic heterocycles. The largest absolute Gasteiger partial charge is 0.481 e. The van der Waals surface area contributed by atoms with Crippen molar-refractivity contribution in [2.45, 2.75) is 92.1 Å². The second-order valence-electron chi connectivity index (χ2n) is 5.59. The van der Waals surface area contributed by atoms with Crippen molar-refractivity contribution >= 4 is 29.8 Å². The Morgan fingerprint density at radius 1 is 0.533 bits per heavy atom. The van der Waals surface area contributed by atoms with Crippen LogP contribution >= 0.6 is 0 Å². The monoisotopic (exact) mass is 442 g/mol. The first-order valence-electron chi connectivity index (χ1n) is 9.51. The fourth-order valence-corrected chi connectivity index (χ4v) is 0.855. The van der Waals surface area contributed by atoms with Gasteiger partial charge in [0, 0.05) is 25.7 Å². The Morgan fingerprint density at radius 2 is 0.667 bits per heavy atom. The van der Waals surface area contributed by atoms with Gasteiger partial charge >= 0.3 is 29.8 Å². The first kappa shape index (κ1) is 38.0. The lowest BCUT2D eigenvalue weighted by Crippen LogP contribution is -2.13. The second kappa shape index (κ2) is 31.0. The highest BCUT2D eigenvalue weighted by Gasteiger charge is 2.01. The summed E-state index contributed by atoms with van der Waals surface area (Å²) in [4.78, 5) is 47.8. The van der Waals surface area contributed by atoms with E-state index in [0.717, 1.165) is 25.7 Å². The number of hydrogen-bond acceptors (Lipinski definition) is 6. The Hall–Kier alpha value is -2.69. The van der Waals surface area contributed by atoms with Crippen LogP contribution in [0.15, 0.2) is 0 Å². The van der Waals surface area contributed by atoms with Crippen molar-refractivity contribution in [1.82, 2.24) is 0 Å². The first-order valence-corrected chi connectivity index (χ1v) is 9.51. The Labute approximate surface area is 177 Å². The number of carboxylic acid groups (broad SMARTS) is 5. The molecule has 0 aliphatic rings. The maximum absolute atomic E-state index is 9.60. The van der Waals surface area contributed by atoms with Crippen molar-refractivity contribution in [3.63, 3.8) is 0 Å². The van der Waals surface area contributed by atoms with Crippen molar-refractivity contribution in [3.8, 4) is 0 Å². The van der Waals surface area contributed by atoms with Gasteiger partial charge in [0.15, 0.2) is 0 Å². The third-order valence-corrected chi connectivity index (χ3v) is 2.21. The lowest BCUT2D eigenvalue weighted by molar-refractivity contribution is -0.145. The highest BCUT2D eigenvalue weighted by atomic mass is 16.4. The van der Waals surface area contributed by atoms with E-state index >= 15 is 0 Å². The van der Waals surface area contributed by atoms with Gasteiger partial charge in [0.2, 0.25) is 0 Å². The summed E-state index contributed by atoms with van der Waals surface area (Å²) in [6.07, 6.45) is 2.86. The molecule has 180 valence electrons. The Bertz CT molecular complexity index is 382. The molecule has 11 nitrogen and oxygen atoms in total. The Balaban J connectivity index is -0.0000000868. The van der Waals surface area contributed by atoms with E-state index in [9.17, 15) is 24.0 Å². The standard InChI is InChI=1S/4C4H8O2.C3H6O3/c4*1-2-3-4(5)6;1-2(4)3(5)6/h4*2-3H2,1H3,(H,5,6);2,4H,1H3,(H,5,6). The summed E-state index contributed by atoms with van der Waals surface area (Å²) < 4.78 is 0. The predicted octanol–water partition coefficient (Wildman–Crippen LogP) is 2.94. The molecule has 11 heteroatoms. The average Bonchev–Trinajstić information content (AvgIpc) is 2.56. The zero-order valence-electron chi connectivity index (χ0n) is 18.5. The summed E-state index contributed by atoms with van der Waals surface area (Å²) in [5.74, 6) is -4.03. The first-order chi connectivity index (χ1) is 13.7. The van der Waals surface area contributed by atoms with Gasteiger partial charge in [-0.1, -0.05) is 27.7 Å². The molecule has 0 fully saturated rings. The van der Waals surface area contributed by atoms with Crippen molar-refractivity contribution in [2.24, 2.45) is 0 Å². The van der Waals surface area contributed by atoms with Crippen molar-refractivity contribution in [1.29, 1.82) is 0 Å². The topological polar surface area (TPSA) is 207 Å². The molecule has 0 bridgehead atoms. The molecule has 0 rings (SSSR count). The molecule has 0 heterocycles. The molecule has 1 atom stereocenters. The van der Waals surface area contributed by atoms with E-state index in [2.05, 4.69) is 0 Å². The van der Waals surface area contributed by atoms with E-state index in [-0.39, 0.29) is 0 Å². The SMILES string of the molecule is CC(O)C(=O)O.CCCC(=O)O.CCCC(=O)O.CCCC(=O)O.CCCC(=O)O. The van der Waals surface area contributed by atoms with Gasteiger partial charge in [-0.25, -0.2) is 4.79 Å². The molecule has 0 radical (unpaired) electrons. The van der Waals surface area contributed by atoms with Crippen LogP contribution in [0.25, 0.3) is 0 Å². The fraction of sp³-hybridized carbons (Fsp3) is 0.737. The Kier molecular flexibility index (Phi) is 39.3. The molecular formula is C19H38O11. The van der Waals surface area contributed by atoms with Crippen LogP contribution in [0.4, 0.5) is 0 Å². The van der Waals surface area contributed by atoms with Crippen LogP contribution in [-0.4, -0.2) is 66.6 Å². The average molecular weight is 443 g/mol. The zero-order valence-corrected chi connectivity index (χ0v) is 18.5. The van der Waals surface area contributed by atoms with E-state index in [1.54, 1.807) is 0 Å². The van der Waals surface area contributed by atoms with Crippen molar-refractivity contribution < 1.29 is 54.6 Å². The van der Waals surface area contributed by atoms with E-state index in [0.29, 0.717) is 25.7 Å². The second-order valence-corrected chi connectivity index (χ2v) is 5.59. The molecule has 0 spiro atoms. The summed E-state index contributed by atoms with van der Waals surface area (Å²) in [6.45, 7) is 8.56. The van der Waals surface area contributed by atoms with E-state index in [4.69, 9.17) is 30.6 Å². The molecule has 0 saturated carbocycles. The van der Waals surface area contributed by atoms with Crippen molar-refractivity contribution in [2.75, 3.05) is 0 Å². The lowest BCUT2D eigenvalue weighted by atomic mass is 10.4. The van der Waals surface area contributed by atoms with E-state index in [1.807, 2.05) is 27.7 Å². The van der Waals surface area contributed by atoms with E-state index < -0.39 is 36.0 Å². The summed E-state index contributed by atoms with van der Waals surface area (Å²) in [5.41, 5.74) is 0. The number of hydrogen-bond donors (Lipinski definition) is 6. The fourth-order valence-electron chi connectivity index (χ4n) is 0.855. The number of aliphatic carboxylic acids is 5. The number of aliphatic hydroxyl groups is 1. The number of carboxylic acids is 5. The highest BCUT2D eigenvalue weighted by molar-refractivity contribution is 5.71. The van der Waals surface area contributed by atoms with Gasteiger partial charge in [0.05, 0.1) is 0 Å². The minimum atomic E-state index is -1.23. The third-order valence-electron chi connectivity index (χ3n) is 2.21. The number of aliphatic hydroxyl groups excluding tert-OH is 1. The maximum atomic E-state index is 9.60. The molecule has 0 aromatic carbocycles. The lowest BCUT2D eigenvalue weighted by Gasteiger charge is -1.89. The van der Waals surface area contributed by atoms with Gasteiger partial charge in [-0.2, -0.15) is 0 Å². The van der Waals surface area contributed by atoms with Gasteiger partial charge in [-0.3, -0.25) is 19.2 Å². The van der Waals surface area contributed by atoms with Gasteiger partial charge in [-0.05, 0) is 32.6 Å². The molecule has 0 aliphatic carbocycles. The van der Waals surface area contributed by atoms with Crippen LogP contribution in [0, 0.1) is 0 Å². The minimum absolute atomic E-state index is 0.292. The third kappa shape index (κ3) is 84.4. The van der Waals surface area contributed by atoms with Crippen LogP contribution in [0.2, 0.25) is 0 Å². The summed E-state index contributed by atoms with van der Waals surface area (Å²) >= 11 is 0. The molecule has 0 aromatic rings. The smallest absolute Gasteiger partial charge is 0.332 e. The van der Waals surface area contributed by atoms with Gasteiger partial charge in [0.1, 0.15) is 6.10 Å². The van der Waals surface area contributed by atoms with Crippen LogP contribution in [0.5, 0.6) is 0 Å². The Morgan fingerprint density at radius 3 is 0.667 bits per heavy atom. The molecule has 0 aliphatic heterocycles. The quantitative estimate of drug-likeness (QED) is 0.306. The predicted molar refractivity (Wildman–Crippen MR) is 109 cm³/mol. The minimum Gasteiger partial charge on any atom is -0.481 e. The highest BCUT2D eigenvalue weighted by Crippen LogP contribution is 1.83. The normalized spacial score (nSPS) is 9.27. The summed E-state index contributed by atoms with van der Waals surface area (Å²) in [6, 6.07) is 0. The summed E-state index contributed by atoms with van der Waals surface area (Å²) in [7, 11) is 0. The van der Waals surface area contributed by atoms with Crippen LogP contribution in [0.3, 0.4) is 0 Å². The number of carbonyl (C=O) groups is 5. The summed E-state index contributed by atoms with van der Waals surface area (Å²) in [5, 5.41) is 47.4. The van der Waals surface area contributed by atoms with Crippen molar-refractivity contribution in [3.05, 3.63) is 0 Å². The molecule has 0 saturated heterocycles.